The molecule has 0 unspecified atom stereocenters. The average molecular weight is 259 g/mol. The van der Waals surface area contributed by atoms with Crippen molar-refractivity contribution in [3.63, 3.8) is 0 Å². The lowest BCUT2D eigenvalue weighted by molar-refractivity contribution is -0.122. The van der Waals surface area contributed by atoms with Gasteiger partial charge in [0.1, 0.15) is 5.75 Å². The van der Waals surface area contributed by atoms with Crippen LogP contribution in [0.15, 0.2) is 18.2 Å². The van der Waals surface area contributed by atoms with E-state index in [-0.39, 0.29) is 18.3 Å². The summed E-state index contributed by atoms with van der Waals surface area (Å²) in [5.74, 6) is 0.644. The van der Waals surface area contributed by atoms with Crippen molar-refractivity contribution in [3.05, 3.63) is 29.3 Å². The Morgan fingerprint density at radius 1 is 1.47 bits per heavy atom. The van der Waals surface area contributed by atoms with Crippen LogP contribution in [0.3, 0.4) is 0 Å². The highest BCUT2D eigenvalue weighted by molar-refractivity contribution is 5.85. The molecule has 0 aliphatic heterocycles. The van der Waals surface area contributed by atoms with Gasteiger partial charge in [0.2, 0.25) is 5.91 Å². The van der Waals surface area contributed by atoms with Gasteiger partial charge >= 0.3 is 0 Å². The van der Waals surface area contributed by atoms with E-state index in [1.54, 1.807) is 14.0 Å². The molecule has 1 amide bonds. The number of carbonyl (C=O) groups is 1. The number of hydrogen-bond acceptors (Lipinski definition) is 3. The second kappa shape index (κ2) is 7.14. The van der Waals surface area contributed by atoms with Crippen molar-refractivity contribution in [2.75, 3.05) is 7.11 Å². The third kappa shape index (κ3) is 5.06. The van der Waals surface area contributed by atoms with E-state index >= 15 is 0 Å². The molecule has 3 N–H and O–H groups in total. The monoisotopic (exact) mass is 258 g/mol. The molecular weight excluding hydrogens is 240 g/mol. The molecule has 0 radical (unpaired) electrons. The fourth-order valence-corrected chi connectivity index (χ4v) is 1.39. The fourth-order valence-electron chi connectivity index (χ4n) is 1.39. The molecule has 0 saturated heterocycles. The van der Waals surface area contributed by atoms with Gasteiger partial charge in [-0.3, -0.25) is 4.79 Å². The van der Waals surface area contributed by atoms with Crippen molar-refractivity contribution < 1.29 is 9.53 Å². The Kier molecular flexibility index (Phi) is 6.61. The van der Waals surface area contributed by atoms with Crippen LogP contribution in [-0.4, -0.2) is 19.1 Å². The summed E-state index contributed by atoms with van der Waals surface area (Å²) in [4.78, 5) is 11.3. The van der Waals surface area contributed by atoms with Crippen molar-refractivity contribution in [1.82, 2.24) is 5.32 Å². The Morgan fingerprint density at radius 2 is 2.12 bits per heavy atom. The van der Waals surface area contributed by atoms with Crippen LogP contribution in [0.5, 0.6) is 5.75 Å². The third-order valence-electron chi connectivity index (χ3n) is 2.23. The second-order valence-electron chi connectivity index (χ2n) is 3.86. The van der Waals surface area contributed by atoms with Gasteiger partial charge in [-0.05, 0) is 37.1 Å². The van der Waals surface area contributed by atoms with Gasteiger partial charge in [0.15, 0.2) is 0 Å². The van der Waals surface area contributed by atoms with E-state index in [0.717, 1.165) is 16.9 Å². The fraction of sp³-hybridized carbons (Fsp3) is 0.417. The van der Waals surface area contributed by atoms with Gasteiger partial charge in [-0.25, -0.2) is 0 Å². The molecule has 17 heavy (non-hydrogen) atoms. The standard InChI is InChI=1S/C12H18N2O2.ClH/c1-8-4-10(6-11(5-8)16-3)7-14-12(15)9(2)13;/h4-6,9H,7,13H2,1-3H3,(H,14,15);1H/t9-;/m1./s1. The number of nitrogens with two attached hydrogens (primary N) is 1. The van der Waals surface area contributed by atoms with Gasteiger partial charge < -0.3 is 15.8 Å². The number of benzene rings is 1. The maximum Gasteiger partial charge on any atom is 0.236 e. The van der Waals surface area contributed by atoms with Gasteiger partial charge in [-0.2, -0.15) is 0 Å². The summed E-state index contributed by atoms with van der Waals surface area (Å²) >= 11 is 0. The van der Waals surface area contributed by atoms with E-state index in [9.17, 15) is 4.79 Å². The van der Waals surface area contributed by atoms with Crippen LogP contribution in [0.2, 0.25) is 0 Å². The minimum Gasteiger partial charge on any atom is -0.497 e. The predicted molar refractivity (Wildman–Crippen MR) is 70.5 cm³/mol. The summed E-state index contributed by atoms with van der Waals surface area (Å²) in [6.07, 6.45) is 0. The molecular formula is C12H19ClN2O2. The second-order valence-corrected chi connectivity index (χ2v) is 3.86. The maximum absolute atomic E-state index is 11.3. The van der Waals surface area contributed by atoms with Crippen molar-refractivity contribution in [2.24, 2.45) is 5.73 Å². The first-order chi connectivity index (χ1) is 7.52. The van der Waals surface area contributed by atoms with Crippen LogP contribution >= 0.6 is 12.4 Å². The molecule has 1 aromatic carbocycles. The number of nitrogens with one attached hydrogen (secondary N) is 1. The molecule has 0 aromatic heterocycles. The topological polar surface area (TPSA) is 64.3 Å². The van der Waals surface area contributed by atoms with Crippen LogP contribution in [0.4, 0.5) is 0 Å². The third-order valence-corrected chi connectivity index (χ3v) is 2.23. The lowest BCUT2D eigenvalue weighted by Gasteiger charge is -2.09. The molecule has 96 valence electrons. The molecule has 0 aliphatic carbocycles. The van der Waals surface area contributed by atoms with Gasteiger partial charge in [0.05, 0.1) is 13.2 Å². The summed E-state index contributed by atoms with van der Waals surface area (Å²) in [6, 6.07) is 5.36. The highest BCUT2D eigenvalue weighted by Crippen LogP contribution is 2.16. The van der Waals surface area contributed by atoms with E-state index in [0.29, 0.717) is 6.54 Å². The zero-order chi connectivity index (χ0) is 12.1. The van der Waals surface area contributed by atoms with Gasteiger partial charge in [-0.1, -0.05) is 6.07 Å². The zero-order valence-corrected chi connectivity index (χ0v) is 11.1. The smallest absolute Gasteiger partial charge is 0.236 e. The number of rotatable bonds is 4. The summed E-state index contributed by atoms with van der Waals surface area (Å²) in [5, 5.41) is 2.76. The Labute approximate surface area is 108 Å². The molecule has 1 rings (SSSR count). The van der Waals surface area contributed by atoms with E-state index in [1.165, 1.54) is 0 Å². The zero-order valence-electron chi connectivity index (χ0n) is 10.3. The summed E-state index contributed by atoms with van der Waals surface area (Å²) < 4.78 is 5.15. The Morgan fingerprint density at radius 3 is 2.65 bits per heavy atom. The number of aryl methyl sites for hydroxylation is 1. The quantitative estimate of drug-likeness (QED) is 0.858. The summed E-state index contributed by atoms with van der Waals surface area (Å²) in [5.41, 5.74) is 7.56. The van der Waals surface area contributed by atoms with Crippen LogP contribution in [-0.2, 0) is 11.3 Å². The van der Waals surface area contributed by atoms with E-state index in [4.69, 9.17) is 10.5 Å². The molecule has 4 nitrogen and oxygen atoms in total. The van der Waals surface area contributed by atoms with Crippen molar-refractivity contribution in [1.29, 1.82) is 0 Å². The van der Waals surface area contributed by atoms with Crippen LogP contribution in [0.1, 0.15) is 18.1 Å². The first kappa shape index (κ1) is 15.7. The number of methoxy groups -OCH3 is 1. The molecule has 0 aliphatic rings. The highest BCUT2D eigenvalue weighted by Gasteiger charge is 2.06. The van der Waals surface area contributed by atoms with E-state index < -0.39 is 6.04 Å². The van der Waals surface area contributed by atoms with Crippen molar-refractivity contribution in [2.45, 2.75) is 26.4 Å². The lowest BCUT2D eigenvalue weighted by Crippen LogP contribution is -2.37. The van der Waals surface area contributed by atoms with Gasteiger partial charge in [0.25, 0.3) is 0 Å². The summed E-state index contributed by atoms with van der Waals surface area (Å²) in [6.45, 7) is 4.12. The first-order valence-corrected chi connectivity index (χ1v) is 5.21. The average Bonchev–Trinajstić information content (AvgIpc) is 2.24. The minimum atomic E-state index is -0.480. The number of carbonyl (C=O) groups excluding carboxylic acids is 1. The van der Waals surface area contributed by atoms with Crippen LogP contribution in [0.25, 0.3) is 0 Å². The minimum absolute atomic E-state index is 0. The number of hydrogen-bond donors (Lipinski definition) is 2. The molecule has 5 heteroatoms. The molecule has 1 atom stereocenters. The normalized spacial score (nSPS) is 11.3. The lowest BCUT2D eigenvalue weighted by atomic mass is 10.1. The van der Waals surface area contributed by atoms with Crippen molar-refractivity contribution in [3.8, 4) is 5.75 Å². The molecule has 0 bridgehead atoms. The van der Waals surface area contributed by atoms with Gasteiger partial charge in [0, 0.05) is 6.54 Å². The Balaban J connectivity index is 0.00000256. The van der Waals surface area contributed by atoms with Crippen LogP contribution in [0, 0.1) is 6.92 Å². The molecule has 0 spiro atoms. The molecule has 0 saturated carbocycles. The number of amides is 1. The number of ether oxygens (including phenoxy) is 1. The number of halogens is 1. The Hall–Kier alpha value is -1.26. The maximum atomic E-state index is 11.3. The Bertz CT molecular complexity index is 381. The van der Waals surface area contributed by atoms with E-state index in [2.05, 4.69) is 5.32 Å². The molecule has 0 fully saturated rings. The van der Waals surface area contributed by atoms with Gasteiger partial charge in [-0.15, -0.1) is 12.4 Å². The van der Waals surface area contributed by atoms with Crippen molar-refractivity contribution >= 4 is 18.3 Å². The SMILES string of the molecule is COc1cc(C)cc(CNC(=O)[C@@H](C)N)c1.Cl. The largest absolute Gasteiger partial charge is 0.497 e. The van der Waals surface area contributed by atoms with Crippen LogP contribution < -0.4 is 15.8 Å². The summed E-state index contributed by atoms with van der Waals surface area (Å²) in [7, 11) is 1.62. The predicted octanol–water partition coefficient (Wildman–Crippen LogP) is 1.39. The van der Waals surface area contributed by atoms with E-state index in [1.807, 2.05) is 25.1 Å². The first-order valence-electron chi connectivity index (χ1n) is 5.21. The molecule has 0 heterocycles. The highest BCUT2D eigenvalue weighted by atomic mass is 35.5. The molecule has 1 aromatic rings.